The van der Waals surface area contributed by atoms with Crippen molar-refractivity contribution >= 4 is 27.5 Å². The van der Waals surface area contributed by atoms with Crippen LogP contribution in [0.1, 0.15) is 37.0 Å². The Morgan fingerprint density at radius 2 is 2.12 bits per heavy atom. The molecule has 0 bridgehead atoms. The SMILES string of the molecule is CCCCN(CC)C(=O)c1cc(N)ccc1Br. The van der Waals surface area contributed by atoms with Gasteiger partial charge in [-0.2, -0.15) is 0 Å². The van der Waals surface area contributed by atoms with Crippen LogP contribution in [0.4, 0.5) is 5.69 Å². The number of hydrogen-bond donors (Lipinski definition) is 1. The number of unbranched alkanes of at least 4 members (excludes halogenated alkanes) is 1. The Balaban J connectivity index is 2.89. The number of hydrogen-bond acceptors (Lipinski definition) is 2. The number of amides is 1. The molecule has 0 spiro atoms. The van der Waals surface area contributed by atoms with Gasteiger partial charge in [-0.3, -0.25) is 4.79 Å². The fourth-order valence-corrected chi connectivity index (χ4v) is 2.05. The Kier molecular flexibility index (Phi) is 5.48. The molecule has 0 heterocycles. The fourth-order valence-electron chi connectivity index (χ4n) is 1.63. The maximum absolute atomic E-state index is 12.3. The van der Waals surface area contributed by atoms with E-state index in [-0.39, 0.29) is 5.91 Å². The molecule has 0 radical (unpaired) electrons. The molecule has 0 saturated heterocycles. The first-order valence-electron chi connectivity index (χ1n) is 5.94. The van der Waals surface area contributed by atoms with Crippen LogP contribution in [-0.4, -0.2) is 23.9 Å². The summed E-state index contributed by atoms with van der Waals surface area (Å²) in [6, 6.07) is 5.32. The van der Waals surface area contributed by atoms with E-state index in [0.717, 1.165) is 30.4 Å². The van der Waals surface area contributed by atoms with Crippen molar-refractivity contribution in [2.75, 3.05) is 18.8 Å². The molecule has 1 aromatic rings. The van der Waals surface area contributed by atoms with E-state index in [1.54, 1.807) is 12.1 Å². The molecule has 1 amide bonds. The van der Waals surface area contributed by atoms with Crippen molar-refractivity contribution in [3.63, 3.8) is 0 Å². The summed E-state index contributed by atoms with van der Waals surface area (Å²) >= 11 is 3.39. The van der Waals surface area contributed by atoms with Crippen molar-refractivity contribution < 1.29 is 4.79 Å². The van der Waals surface area contributed by atoms with Crippen molar-refractivity contribution in [1.29, 1.82) is 0 Å². The first-order chi connectivity index (χ1) is 8.10. The number of carbonyl (C=O) groups excluding carboxylic acids is 1. The molecule has 3 nitrogen and oxygen atoms in total. The molecule has 1 rings (SSSR count). The lowest BCUT2D eigenvalue weighted by Gasteiger charge is -2.21. The molecule has 0 unspecified atom stereocenters. The summed E-state index contributed by atoms with van der Waals surface area (Å²) in [6.45, 7) is 5.63. The summed E-state index contributed by atoms with van der Waals surface area (Å²) in [5, 5.41) is 0. The molecule has 0 aliphatic carbocycles. The third-order valence-corrected chi connectivity index (χ3v) is 3.36. The van der Waals surface area contributed by atoms with E-state index < -0.39 is 0 Å². The van der Waals surface area contributed by atoms with Crippen LogP contribution in [0.3, 0.4) is 0 Å². The van der Waals surface area contributed by atoms with Crippen LogP contribution >= 0.6 is 15.9 Å². The first kappa shape index (κ1) is 14.0. The van der Waals surface area contributed by atoms with Crippen LogP contribution in [0.25, 0.3) is 0 Å². The zero-order valence-electron chi connectivity index (χ0n) is 10.4. The van der Waals surface area contributed by atoms with Gasteiger partial charge in [-0.25, -0.2) is 0 Å². The maximum atomic E-state index is 12.3. The molecule has 0 aliphatic rings. The number of rotatable bonds is 5. The van der Waals surface area contributed by atoms with Crippen LogP contribution in [0.15, 0.2) is 22.7 Å². The van der Waals surface area contributed by atoms with E-state index in [9.17, 15) is 4.79 Å². The van der Waals surface area contributed by atoms with Gasteiger partial charge in [-0.15, -0.1) is 0 Å². The number of nitrogens with two attached hydrogens (primary N) is 1. The van der Waals surface area contributed by atoms with Crippen molar-refractivity contribution in [2.45, 2.75) is 26.7 Å². The summed E-state index contributed by atoms with van der Waals surface area (Å²) in [6.07, 6.45) is 2.11. The average Bonchev–Trinajstić information content (AvgIpc) is 2.33. The van der Waals surface area contributed by atoms with Crippen LogP contribution in [-0.2, 0) is 0 Å². The van der Waals surface area contributed by atoms with E-state index in [0.29, 0.717) is 11.3 Å². The van der Waals surface area contributed by atoms with Crippen molar-refractivity contribution in [2.24, 2.45) is 0 Å². The Hall–Kier alpha value is -1.03. The number of halogens is 1. The van der Waals surface area contributed by atoms with Gasteiger partial charge in [0.2, 0.25) is 0 Å². The van der Waals surface area contributed by atoms with E-state index in [2.05, 4.69) is 22.9 Å². The number of carbonyl (C=O) groups is 1. The second kappa shape index (κ2) is 6.64. The average molecular weight is 299 g/mol. The van der Waals surface area contributed by atoms with Crippen LogP contribution in [0, 0.1) is 0 Å². The smallest absolute Gasteiger partial charge is 0.255 e. The van der Waals surface area contributed by atoms with Gasteiger partial charge in [0, 0.05) is 23.2 Å². The van der Waals surface area contributed by atoms with E-state index in [1.165, 1.54) is 0 Å². The lowest BCUT2D eigenvalue weighted by atomic mass is 10.1. The lowest BCUT2D eigenvalue weighted by Crippen LogP contribution is -2.32. The van der Waals surface area contributed by atoms with Crippen LogP contribution in [0.5, 0.6) is 0 Å². The van der Waals surface area contributed by atoms with E-state index in [1.807, 2.05) is 17.9 Å². The normalized spacial score (nSPS) is 10.3. The van der Waals surface area contributed by atoms with Gasteiger partial charge in [0.15, 0.2) is 0 Å². The second-order valence-corrected chi connectivity index (χ2v) is 4.83. The summed E-state index contributed by atoms with van der Waals surface area (Å²) in [5.74, 6) is 0.0418. The number of benzene rings is 1. The number of nitrogen functional groups attached to an aromatic ring is 1. The molecule has 0 atom stereocenters. The van der Waals surface area contributed by atoms with E-state index >= 15 is 0 Å². The van der Waals surface area contributed by atoms with Gasteiger partial charge in [0.25, 0.3) is 5.91 Å². The van der Waals surface area contributed by atoms with Crippen LogP contribution < -0.4 is 5.73 Å². The molecule has 0 aromatic heterocycles. The highest BCUT2D eigenvalue weighted by Gasteiger charge is 2.16. The van der Waals surface area contributed by atoms with Gasteiger partial charge in [0.1, 0.15) is 0 Å². The number of anilines is 1. The Bertz CT molecular complexity index is 393. The summed E-state index contributed by atoms with van der Waals surface area (Å²) < 4.78 is 0.798. The Labute approximate surface area is 111 Å². The molecule has 0 aliphatic heterocycles. The van der Waals surface area contributed by atoms with E-state index in [4.69, 9.17) is 5.73 Å². The quantitative estimate of drug-likeness (QED) is 0.848. The molecular formula is C13H19BrN2O. The Morgan fingerprint density at radius 1 is 1.41 bits per heavy atom. The zero-order chi connectivity index (χ0) is 12.8. The monoisotopic (exact) mass is 298 g/mol. The molecule has 2 N–H and O–H groups in total. The summed E-state index contributed by atoms with van der Waals surface area (Å²) in [7, 11) is 0. The largest absolute Gasteiger partial charge is 0.399 e. The van der Waals surface area contributed by atoms with Crippen molar-refractivity contribution in [3.8, 4) is 0 Å². The van der Waals surface area contributed by atoms with Gasteiger partial charge < -0.3 is 10.6 Å². The molecule has 1 aromatic carbocycles. The minimum absolute atomic E-state index is 0.0418. The number of nitrogens with zero attached hydrogens (tertiary/aromatic N) is 1. The predicted molar refractivity (Wildman–Crippen MR) is 75.0 cm³/mol. The standard InChI is InChI=1S/C13H19BrN2O/c1-3-5-8-16(4-2)13(17)11-9-10(15)6-7-12(11)14/h6-7,9H,3-5,8,15H2,1-2H3. The second-order valence-electron chi connectivity index (χ2n) is 3.98. The zero-order valence-corrected chi connectivity index (χ0v) is 12.0. The van der Waals surface area contributed by atoms with Gasteiger partial charge >= 0.3 is 0 Å². The van der Waals surface area contributed by atoms with Gasteiger partial charge in [-0.1, -0.05) is 13.3 Å². The first-order valence-corrected chi connectivity index (χ1v) is 6.73. The lowest BCUT2D eigenvalue weighted by molar-refractivity contribution is 0.0761. The molecular weight excluding hydrogens is 280 g/mol. The molecule has 0 fully saturated rings. The Morgan fingerprint density at radius 3 is 2.71 bits per heavy atom. The third kappa shape index (κ3) is 3.73. The molecule has 17 heavy (non-hydrogen) atoms. The molecule has 94 valence electrons. The highest BCUT2D eigenvalue weighted by Crippen LogP contribution is 2.21. The fraction of sp³-hybridized carbons (Fsp3) is 0.462. The minimum Gasteiger partial charge on any atom is -0.399 e. The highest BCUT2D eigenvalue weighted by atomic mass is 79.9. The molecule has 0 saturated carbocycles. The third-order valence-electron chi connectivity index (χ3n) is 2.67. The van der Waals surface area contributed by atoms with Crippen molar-refractivity contribution in [3.05, 3.63) is 28.2 Å². The molecule has 4 heteroatoms. The van der Waals surface area contributed by atoms with Gasteiger partial charge in [0.05, 0.1) is 5.56 Å². The summed E-state index contributed by atoms with van der Waals surface area (Å²) in [4.78, 5) is 14.1. The van der Waals surface area contributed by atoms with Crippen LogP contribution in [0.2, 0.25) is 0 Å². The highest BCUT2D eigenvalue weighted by molar-refractivity contribution is 9.10. The predicted octanol–water partition coefficient (Wildman–Crippen LogP) is 3.29. The minimum atomic E-state index is 0.0418. The van der Waals surface area contributed by atoms with Gasteiger partial charge in [-0.05, 0) is 47.5 Å². The maximum Gasteiger partial charge on any atom is 0.255 e. The summed E-state index contributed by atoms with van der Waals surface area (Å²) in [5.41, 5.74) is 6.97. The van der Waals surface area contributed by atoms with Crippen molar-refractivity contribution in [1.82, 2.24) is 4.90 Å². The topological polar surface area (TPSA) is 46.3 Å².